The molecule has 0 aliphatic rings. The maximum absolute atomic E-state index is 12.2. The molecular formula is C27H26N6O4. The number of carbonyl (C=O) groups is 1. The molecule has 0 bridgehead atoms. The fourth-order valence-electron chi connectivity index (χ4n) is 3.42. The van der Waals surface area contributed by atoms with Gasteiger partial charge in [-0.15, -0.1) is 0 Å². The molecular weight excluding hydrogens is 472 g/mol. The van der Waals surface area contributed by atoms with Crippen molar-refractivity contribution in [1.82, 2.24) is 9.97 Å². The largest absolute Gasteiger partial charge is 0.462 e. The first-order chi connectivity index (χ1) is 17.9. The predicted molar refractivity (Wildman–Crippen MR) is 142 cm³/mol. The van der Waals surface area contributed by atoms with Crippen molar-refractivity contribution >= 4 is 40.4 Å². The topological polar surface area (TPSA) is 123 Å². The zero-order valence-corrected chi connectivity index (χ0v) is 20.4. The van der Waals surface area contributed by atoms with Gasteiger partial charge in [-0.25, -0.2) is 14.8 Å². The Hall–Kier alpha value is -4.99. The first kappa shape index (κ1) is 25.1. The average Bonchev–Trinajstić information content (AvgIpc) is 2.91. The van der Waals surface area contributed by atoms with Gasteiger partial charge < -0.3 is 10.1 Å². The van der Waals surface area contributed by atoms with Crippen molar-refractivity contribution in [1.29, 1.82) is 0 Å². The summed E-state index contributed by atoms with van der Waals surface area (Å²) in [5.41, 5.74) is 5.15. The van der Waals surface area contributed by atoms with E-state index in [0.29, 0.717) is 17.9 Å². The molecule has 2 N–H and O–H groups in total. The molecule has 3 aromatic carbocycles. The molecule has 0 spiro atoms. The predicted octanol–water partition coefficient (Wildman–Crippen LogP) is 6.11. The van der Waals surface area contributed by atoms with Crippen LogP contribution in [0.4, 0.5) is 34.4 Å². The zero-order chi connectivity index (χ0) is 26.2. The molecule has 10 heteroatoms. The summed E-state index contributed by atoms with van der Waals surface area (Å²) in [6, 6.07) is 25.2. The zero-order valence-electron chi connectivity index (χ0n) is 20.4. The number of rotatable bonds is 10. The van der Waals surface area contributed by atoms with Gasteiger partial charge in [-0.05, 0) is 54.4 Å². The number of nitro groups is 1. The molecule has 4 rings (SSSR count). The van der Waals surface area contributed by atoms with Crippen molar-refractivity contribution in [3.05, 3.63) is 107 Å². The molecule has 10 nitrogen and oxygen atoms in total. The first-order valence-corrected chi connectivity index (χ1v) is 11.6. The van der Waals surface area contributed by atoms with Crippen LogP contribution >= 0.6 is 0 Å². The Labute approximate surface area is 214 Å². The molecule has 1 aromatic heterocycles. The highest BCUT2D eigenvalue weighted by molar-refractivity contribution is 5.90. The molecule has 4 aromatic rings. The van der Waals surface area contributed by atoms with Crippen LogP contribution in [0.3, 0.4) is 0 Å². The number of anilines is 5. The van der Waals surface area contributed by atoms with Crippen LogP contribution in [0, 0.1) is 16.0 Å². The normalized spacial score (nSPS) is 10.6. The Bertz CT molecular complexity index is 1310. The van der Waals surface area contributed by atoms with Crippen molar-refractivity contribution in [3.8, 4) is 0 Å². The monoisotopic (exact) mass is 498 g/mol. The summed E-state index contributed by atoms with van der Waals surface area (Å²) < 4.78 is 5.24. The fourth-order valence-corrected chi connectivity index (χ4v) is 3.42. The molecule has 0 fully saturated rings. The summed E-state index contributed by atoms with van der Waals surface area (Å²) in [6.45, 7) is 4.23. The van der Waals surface area contributed by atoms with Crippen molar-refractivity contribution < 1.29 is 14.5 Å². The van der Waals surface area contributed by atoms with Crippen molar-refractivity contribution in [2.24, 2.45) is 5.92 Å². The number of hydrogen-bond donors (Lipinski definition) is 2. The van der Waals surface area contributed by atoms with Crippen LogP contribution in [-0.2, 0) is 4.74 Å². The highest BCUT2D eigenvalue weighted by atomic mass is 16.6. The number of carbonyl (C=O) groups excluding carboxylic acids is 1. The van der Waals surface area contributed by atoms with E-state index in [4.69, 9.17) is 4.74 Å². The fraction of sp³-hybridized carbons (Fsp3) is 0.148. The minimum absolute atomic E-state index is 0.00120. The maximum atomic E-state index is 12.2. The van der Waals surface area contributed by atoms with Crippen molar-refractivity contribution in [2.45, 2.75) is 13.8 Å². The average molecular weight is 499 g/mol. The van der Waals surface area contributed by atoms with Gasteiger partial charge in [-0.3, -0.25) is 20.5 Å². The third-order valence-corrected chi connectivity index (χ3v) is 5.18. The lowest BCUT2D eigenvalue weighted by atomic mass is 10.2. The number of aromatic nitrogens is 2. The van der Waals surface area contributed by atoms with E-state index in [1.165, 1.54) is 6.33 Å². The second kappa shape index (κ2) is 11.6. The van der Waals surface area contributed by atoms with E-state index in [9.17, 15) is 14.9 Å². The maximum Gasteiger partial charge on any atom is 0.355 e. The molecule has 0 saturated heterocycles. The second-order valence-electron chi connectivity index (χ2n) is 8.49. The molecule has 0 aliphatic carbocycles. The van der Waals surface area contributed by atoms with Crippen molar-refractivity contribution in [2.75, 3.05) is 22.4 Å². The second-order valence-corrected chi connectivity index (χ2v) is 8.49. The van der Waals surface area contributed by atoms with Crippen LogP contribution in [0.25, 0.3) is 0 Å². The third-order valence-electron chi connectivity index (χ3n) is 5.18. The number of hydrogen-bond acceptors (Lipinski definition) is 9. The molecule has 0 amide bonds. The number of esters is 1. The van der Waals surface area contributed by atoms with E-state index in [1.807, 2.05) is 74.5 Å². The van der Waals surface area contributed by atoms with Gasteiger partial charge in [0.2, 0.25) is 11.6 Å². The smallest absolute Gasteiger partial charge is 0.355 e. The van der Waals surface area contributed by atoms with E-state index in [2.05, 4.69) is 20.7 Å². The van der Waals surface area contributed by atoms with Crippen LogP contribution in [0.15, 0.2) is 91.3 Å². The Morgan fingerprint density at radius 2 is 1.49 bits per heavy atom. The van der Waals surface area contributed by atoms with Crippen LogP contribution in [-0.4, -0.2) is 27.5 Å². The molecule has 1 heterocycles. The minimum Gasteiger partial charge on any atom is -0.462 e. The number of nitrogens with one attached hydrogen (secondary N) is 2. The summed E-state index contributed by atoms with van der Waals surface area (Å²) in [6.07, 6.45) is 1.24. The quantitative estimate of drug-likeness (QED) is 0.151. The van der Waals surface area contributed by atoms with Gasteiger partial charge in [0.1, 0.15) is 6.33 Å². The van der Waals surface area contributed by atoms with Crippen molar-refractivity contribution in [3.63, 3.8) is 0 Å². The highest BCUT2D eigenvalue weighted by Crippen LogP contribution is 2.34. The lowest BCUT2D eigenvalue weighted by Crippen LogP contribution is -2.26. The first-order valence-electron chi connectivity index (χ1n) is 11.6. The Morgan fingerprint density at radius 1 is 0.919 bits per heavy atom. The van der Waals surface area contributed by atoms with E-state index < -0.39 is 10.9 Å². The van der Waals surface area contributed by atoms with Crippen LogP contribution in [0.5, 0.6) is 0 Å². The lowest BCUT2D eigenvalue weighted by molar-refractivity contribution is -0.383. The van der Waals surface area contributed by atoms with E-state index >= 15 is 0 Å². The molecule has 0 aliphatic heterocycles. The number of para-hydroxylation sites is 2. The molecule has 0 saturated carbocycles. The number of ether oxygens (including phenoxy) is 1. The molecule has 0 atom stereocenters. The summed E-state index contributed by atoms with van der Waals surface area (Å²) in [4.78, 5) is 32.0. The van der Waals surface area contributed by atoms with Gasteiger partial charge >= 0.3 is 11.7 Å². The van der Waals surface area contributed by atoms with Gasteiger partial charge in [0.25, 0.3) is 0 Å². The lowest BCUT2D eigenvalue weighted by Gasteiger charge is -2.26. The summed E-state index contributed by atoms with van der Waals surface area (Å²) >= 11 is 0. The number of hydrazine groups is 1. The Morgan fingerprint density at radius 3 is 2.03 bits per heavy atom. The van der Waals surface area contributed by atoms with Crippen LogP contribution < -0.4 is 15.8 Å². The summed E-state index contributed by atoms with van der Waals surface area (Å²) in [7, 11) is 0. The SMILES string of the molecule is CC(C)COC(=O)c1ccc(Nc2ncnc(NN(c3ccccc3)c3ccccc3)c2[N+](=O)[O-])cc1. The van der Waals surface area contributed by atoms with Gasteiger partial charge in [0.05, 0.1) is 28.5 Å². The van der Waals surface area contributed by atoms with Gasteiger partial charge in [0, 0.05) is 5.69 Å². The molecule has 0 unspecified atom stereocenters. The van der Waals surface area contributed by atoms with E-state index in [-0.39, 0.29) is 23.2 Å². The van der Waals surface area contributed by atoms with Crippen LogP contribution in [0.2, 0.25) is 0 Å². The number of nitrogens with zero attached hydrogens (tertiary/aromatic N) is 4. The summed E-state index contributed by atoms with van der Waals surface area (Å²) in [5, 5.41) is 16.8. The molecule has 0 radical (unpaired) electrons. The van der Waals surface area contributed by atoms with Gasteiger partial charge in [-0.2, -0.15) is 0 Å². The van der Waals surface area contributed by atoms with Gasteiger partial charge in [-0.1, -0.05) is 50.2 Å². The van der Waals surface area contributed by atoms with Gasteiger partial charge in [0.15, 0.2) is 0 Å². The highest BCUT2D eigenvalue weighted by Gasteiger charge is 2.25. The van der Waals surface area contributed by atoms with E-state index in [1.54, 1.807) is 29.3 Å². The third kappa shape index (κ3) is 6.37. The Balaban J connectivity index is 1.61. The summed E-state index contributed by atoms with van der Waals surface area (Å²) in [5.74, 6) is -0.199. The number of benzene rings is 3. The Kier molecular flexibility index (Phi) is 7.89. The minimum atomic E-state index is -0.545. The van der Waals surface area contributed by atoms with E-state index in [0.717, 1.165) is 11.4 Å². The molecule has 188 valence electrons. The standard InChI is InChI=1S/C27H26N6O4/c1-19(2)17-37-27(34)20-13-15-21(16-14-20)30-25-24(33(35)36)26(29-18-28-25)31-32(22-9-5-3-6-10-22)23-11-7-4-8-12-23/h3-16,18-19H,17H2,1-2H3,(H2,28,29,30,31). The molecule has 37 heavy (non-hydrogen) atoms. The van der Waals surface area contributed by atoms with Crippen LogP contribution in [0.1, 0.15) is 24.2 Å².